The van der Waals surface area contributed by atoms with E-state index in [2.05, 4.69) is 25.7 Å². The highest BCUT2D eigenvalue weighted by molar-refractivity contribution is 4.83. The number of hydrogen-bond acceptors (Lipinski definition) is 3. The van der Waals surface area contributed by atoms with Crippen molar-refractivity contribution in [3.05, 3.63) is 0 Å². The summed E-state index contributed by atoms with van der Waals surface area (Å²) in [6, 6.07) is 0.489. The molecule has 1 fully saturated rings. The molecule has 1 rings (SSSR count). The Morgan fingerprint density at radius 2 is 1.82 bits per heavy atom. The van der Waals surface area contributed by atoms with Gasteiger partial charge >= 0.3 is 0 Å². The van der Waals surface area contributed by atoms with Crippen LogP contribution in [0.2, 0.25) is 0 Å². The Morgan fingerprint density at radius 1 is 1.24 bits per heavy atom. The Labute approximate surface area is 107 Å². The summed E-state index contributed by atoms with van der Waals surface area (Å²) in [5.74, 6) is 2.26. The average molecular weight is 242 g/mol. The molecule has 1 aliphatic rings. The van der Waals surface area contributed by atoms with Gasteiger partial charge in [0.2, 0.25) is 0 Å². The van der Waals surface area contributed by atoms with E-state index in [9.17, 15) is 0 Å². The smallest absolute Gasteiger partial charge is 0.0503 e. The third kappa shape index (κ3) is 4.23. The van der Waals surface area contributed by atoms with E-state index >= 15 is 0 Å². The highest BCUT2D eigenvalue weighted by atomic mass is 16.5. The van der Waals surface area contributed by atoms with Crippen LogP contribution >= 0.6 is 0 Å². The normalized spacial score (nSPS) is 22.9. The molecule has 2 unspecified atom stereocenters. The molecule has 0 aromatic carbocycles. The lowest BCUT2D eigenvalue weighted by molar-refractivity contribution is 0.0561. The topological polar surface area (TPSA) is 38.5 Å². The monoisotopic (exact) mass is 242 g/mol. The van der Waals surface area contributed by atoms with Crippen LogP contribution in [0.4, 0.5) is 0 Å². The highest BCUT2D eigenvalue weighted by Crippen LogP contribution is 2.26. The zero-order valence-corrected chi connectivity index (χ0v) is 12.0. The zero-order chi connectivity index (χ0) is 12.8. The number of methoxy groups -OCH3 is 1. The van der Waals surface area contributed by atoms with Gasteiger partial charge in [-0.3, -0.25) is 4.90 Å². The number of rotatable bonds is 6. The summed E-state index contributed by atoms with van der Waals surface area (Å²) >= 11 is 0. The SMILES string of the molecule is COCC(C)C(CN)N1CCC(C(C)C)CC1. The first-order chi connectivity index (χ1) is 8.10. The minimum absolute atomic E-state index is 0.489. The lowest BCUT2D eigenvalue weighted by Crippen LogP contribution is -2.49. The predicted octanol–water partition coefficient (Wildman–Crippen LogP) is 1.96. The lowest BCUT2D eigenvalue weighted by Gasteiger charge is -2.40. The van der Waals surface area contributed by atoms with Gasteiger partial charge in [0.05, 0.1) is 6.61 Å². The van der Waals surface area contributed by atoms with Gasteiger partial charge in [-0.25, -0.2) is 0 Å². The quantitative estimate of drug-likeness (QED) is 0.774. The van der Waals surface area contributed by atoms with Crippen LogP contribution in [0.3, 0.4) is 0 Å². The molecule has 1 aliphatic heterocycles. The van der Waals surface area contributed by atoms with Crippen molar-refractivity contribution < 1.29 is 4.74 Å². The second kappa shape index (κ2) is 7.34. The van der Waals surface area contributed by atoms with Crippen LogP contribution in [0.15, 0.2) is 0 Å². The second-order valence-corrected chi connectivity index (χ2v) is 5.85. The first-order valence-corrected chi connectivity index (χ1v) is 7.03. The Hall–Kier alpha value is -0.120. The van der Waals surface area contributed by atoms with Crippen LogP contribution in [0.25, 0.3) is 0 Å². The van der Waals surface area contributed by atoms with Gasteiger partial charge in [-0.1, -0.05) is 20.8 Å². The average Bonchev–Trinajstić information content (AvgIpc) is 2.31. The maximum atomic E-state index is 5.93. The molecule has 3 nitrogen and oxygen atoms in total. The van der Waals surface area contributed by atoms with Crippen molar-refractivity contribution in [1.29, 1.82) is 0 Å². The van der Waals surface area contributed by atoms with Crippen LogP contribution in [0, 0.1) is 17.8 Å². The third-order valence-corrected chi connectivity index (χ3v) is 4.31. The fourth-order valence-corrected chi connectivity index (χ4v) is 3.03. The molecule has 0 spiro atoms. The Morgan fingerprint density at radius 3 is 2.24 bits per heavy atom. The van der Waals surface area contributed by atoms with Crippen LogP contribution in [0.5, 0.6) is 0 Å². The van der Waals surface area contributed by atoms with Gasteiger partial charge in [-0.05, 0) is 43.7 Å². The lowest BCUT2D eigenvalue weighted by atomic mass is 9.85. The van der Waals surface area contributed by atoms with Crippen molar-refractivity contribution in [2.24, 2.45) is 23.5 Å². The predicted molar refractivity (Wildman–Crippen MR) is 73.0 cm³/mol. The molecule has 2 N–H and O–H groups in total. The number of ether oxygens (including phenoxy) is 1. The van der Waals surface area contributed by atoms with Crippen LogP contribution in [-0.2, 0) is 4.74 Å². The van der Waals surface area contributed by atoms with E-state index in [1.807, 2.05) is 0 Å². The first kappa shape index (κ1) is 14.9. The minimum Gasteiger partial charge on any atom is -0.384 e. The molecule has 1 heterocycles. The third-order valence-electron chi connectivity index (χ3n) is 4.31. The molecule has 3 heteroatoms. The Bertz CT molecular complexity index is 200. The number of piperidine rings is 1. The number of likely N-dealkylation sites (tertiary alicyclic amines) is 1. The summed E-state index contributed by atoms with van der Waals surface area (Å²) in [5, 5.41) is 0. The van der Waals surface area contributed by atoms with Gasteiger partial charge in [0.25, 0.3) is 0 Å². The number of nitrogens with two attached hydrogens (primary N) is 1. The van der Waals surface area contributed by atoms with Crippen molar-refractivity contribution in [2.75, 3.05) is 33.4 Å². The van der Waals surface area contributed by atoms with Crippen molar-refractivity contribution >= 4 is 0 Å². The molecule has 0 bridgehead atoms. The van der Waals surface area contributed by atoms with Crippen LogP contribution in [-0.4, -0.2) is 44.3 Å². The van der Waals surface area contributed by atoms with E-state index in [1.165, 1.54) is 25.9 Å². The fraction of sp³-hybridized carbons (Fsp3) is 1.00. The Kier molecular flexibility index (Phi) is 6.45. The summed E-state index contributed by atoms with van der Waals surface area (Å²) in [7, 11) is 1.77. The maximum absolute atomic E-state index is 5.93. The zero-order valence-electron chi connectivity index (χ0n) is 12.0. The standard InChI is InChI=1S/C14H30N2O/c1-11(2)13-5-7-16(8-6-13)14(9-15)12(3)10-17-4/h11-14H,5-10,15H2,1-4H3. The molecule has 0 saturated carbocycles. The second-order valence-electron chi connectivity index (χ2n) is 5.85. The molecular weight excluding hydrogens is 212 g/mol. The summed E-state index contributed by atoms with van der Waals surface area (Å²) in [6.45, 7) is 10.9. The summed E-state index contributed by atoms with van der Waals surface area (Å²) in [5.41, 5.74) is 5.93. The molecule has 0 radical (unpaired) electrons. The van der Waals surface area contributed by atoms with E-state index in [1.54, 1.807) is 7.11 Å². The van der Waals surface area contributed by atoms with Crippen molar-refractivity contribution in [3.8, 4) is 0 Å². The van der Waals surface area contributed by atoms with E-state index < -0.39 is 0 Å². The van der Waals surface area contributed by atoms with Gasteiger partial charge in [-0.15, -0.1) is 0 Å². The Balaban J connectivity index is 2.44. The van der Waals surface area contributed by atoms with E-state index in [0.717, 1.165) is 25.0 Å². The fourth-order valence-electron chi connectivity index (χ4n) is 3.03. The van der Waals surface area contributed by atoms with Crippen molar-refractivity contribution in [1.82, 2.24) is 4.90 Å². The van der Waals surface area contributed by atoms with E-state index in [4.69, 9.17) is 10.5 Å². The van der Waals surface area contributed by atoms with E-state index in [0.29, 0.717) is 12.0 Å². The molecule has 1 saturated heterocycles. The van der Waals surface area contributed by atoms with Gasteiger partial charge in [0, 0.05) is 19.7 Å². The molecule has 102 valence electrons. The largest absolute Gasteiger partial charge is 0.384 e. The van der Waals surface area contributed by atoms with Gasteiger partial charge < -0.3 is 10.5 Å². The molecular formula is C14H30N2O. The van der Waals surface area contributed by atoms with Crippen LogP contribution < -0.4 is 5.73 Å². The van der Waals surface area contributed by atoms with Crippen LogP contribution in [0.1, 0.15) is 33.6 Å². The molecule has 0 aromatic heterocycles. The summed E-state index contributed by atoms with van der Waals surface area (Å²) < 4.78 is 5.25. The molecule has 0 aromatic rings. The van der Waals surface area contributed by atoms with Crippen molar-refractivity contribution in [2.45, 2.75) is 39.7 Å². The maximum Gasteiger partial charge on any atom is 0.0503 e. The van der Waals surface area contributed by atoms with Gasteiger partial charge in [-0.2, -0.15) is 0 Å². The molecule has 2 atom stereocenters. The highest BCUT2D eigenvalue weighted by Gasteiger charge is 2.28. The number of nitrogens with zero attached hydrogens (tertiary/aromatic N) is 1. The first-order valence-electron chi connectivity index (χ1n) is 7.03. The molecule has 0 aliphatic carbocycles. The molecule has 17 heavy (non-hydrogen) atoms. The minimum atomic E-state index is 0.489. The van der Waals surface area contributed by atoms with Gasteiger partial charge in [0.1, 0.15) is 0 Å². The number of hydrogen-bond donors (Lipinski definition) is 1. The van der Waals surface area contributed by atoms with Gasteiger partial charge in [0.15, 0.2) is 0 Å². The van der Waals surface area contributed by atoms with Crippen molar-refractivity contribution in [3.63, 3.8) is 0 Å². The van der Waals surface area contributed by atoms with E-state index in [-0.39, 0.29) is 0 Å². The summed E-state index contributed by atoms with van der Waals surface area (Å²) in [6.07, 6.45) is 2.65. The molecule has 0 amide bonds. The summed E-state index contributed by atoms with van der Waals surface area (Å²) in [4.78, 5) is 2.57.